The highest BCUT2D eigenvalue weighted by Crippen LogP contribution is 2.13. The van der Waals surface area contributed by atoms with Crippen LogP contribution in [0.1, 0.15) is 11.4 Å². The molecule has 0 atom stereocenters. The second-order valence-corrected chi connectivity index (χ2v) is 2.87. The molecule has 0 N–H and O–H groups in total. The van der Waals surface area contributed by atoms with Crippen LogP contribution in [0.4, 0.5) is 0 Å². The van der Waals surface area contributed by atoms with Gasteiger partial charge in [-0.2, -0.15) is 4.98 Å². The maximum Gasteiger partial charge on any atom is 0.276 e. The smallest absolute Gasteiger partial charge is 0.276 e. The number of hydrogen-bond acceptors (Lipinski definition) is 4. The number of hydrogen-bond donors (Lipinski definition) is 0. The SMILES string of the molecule is Cc1ccc(-c2nc(C)no2)nc1. The highest BCUT2D eigenvalue weighted by Gasteiger charge is 2.05. The lowest BCUT2D eigenvalue weighted by molar-refractivity contribution is 0.424. The predicted octanol–water partition coefficient (Wildman–Crippen LogP) is 1.75. The van der Waals surface area contributed by atoms with Crippen molar-refractivity contribution in [2.24, 2.45) is 0 Å². The van der Waals surface area contributed by atoms with Crippen LogP contribution in [0.15, 0.2) is 22.9 Å². The van der Waals surface area contributed by atoms with Crippen LogP contribution >= 0.6 is 0 Å². The molecular formula is C9H9N3O. The van der Waals surface area contributed by atoms with Crippen molar-refractivity contribution in [3.8, 4) is 11.6 Å². The molecule has 0 unspecified atom stereocenters. The van der Waals surface area contributed by atoms with Crippen molar-refractivity contribution in [1.29, 1.82) is 0 Å². The van der Waals surface area contributed by atoms with E-state index in [1.807, 2.05) is 19.1 Å². The second kappa shape index (κ2) is 2.97. The van der Waals surface area contributed by atoms with Crippen LogP contribution in [-0.4, -0.2) is 15.1 Å². The van der Waals surface area contributed by atoms with Gasteiger partial charge in [-0.3, -0.25) is 4.98 Å². The van der Waals surface area contributed by atoms with Gasteiger partial charge in [0.05, 0.1) is 0 Å². The summed E-state index contributed by atoms with van der Waals surface area (Å²) < 4.78 is 4.97. The van der Waals surface area contributed by atoms with Crippen molar-refractivity contribution >= 4 is 0 Å². The molecule has 0 aliphatic carbocycles. The summed E-state index contributed by atoms with van der Waals surface area (Å²) in [6.07, 6.45) is 1.77. The largest absolute Gasteiger partial charge is 0.332 e. The van der Waals surface area contributed by atoms with Crippen molar-refractivity contribution in [1.82, 2.24) is 15.1 Å². The Morgan fingerprint density at radius 3 is 2.62 bits per heavy atom. The third-order valence-corrected chi connectivity index (χ3v) is 1.66. The lowest BCUT2D eigenvalue weighted by Gasteiger charge is -1.92. The minimum atomic E-state index is 0.470. The minimum absolute atomic E-state index is 0.470. The van der Waals surface area contributed by atoms with E-state index in [0.717, 1.165) is 5.56 Å². The molecule has 0 amide bonds. The maximum absolute atomic E-state index is 4.97. The summed E-state index contributed by atoms with van der Waals surface area (Å²) >= 11 is 0. The fourth-order valence-corrected chi connectivity index (χ4v) is 0.995. The summed E-state index contributed by atoms with van der Waals surface area (Å²) in [7, 11) is 0. The van der Waals surface area contributed by atoms with Gasteiger partial charge < -0.3 is 4.52 Å². The summed E-state index contributed by atoms with van der Waals surface area (Å²) in [5.74, 6) is 1.09. The van der Waals surface area contributed by atoms with E-state index in [1.54, 1.807) is 13.1 Å². The first kappa shape index (κ1) is 7.91. The molecule has 2 rings (SSSR count). The molecule has 4 heteroatoms. The number of rotatable bonds is 1. The fraction of sp³-hybridized carbons (Fsp3) is 0.222. The van der Waals surface area contributed by atoms with E-state index in [-0.39, 0.29) is 0 Å². The van der Waals surface area contributed by atoms with Gasteiger partial charge in [0.1, 0.15) is 5.69 Å². The van der Waals surface area contributed by atoms with Crippen LogP contribution in [0, 0.1) is 13.8 Å². The van der Waals surface area contributed by atoms with E-state index in [4.69, 9.17) is 4.52 Å². The summed E-state index contributed by atoms with van der Waals surface area (Å²) in [5, 5.41) is 3.69. The van der Waals surface area contributed by atoms with Crippen LogP contribution in [0.5, 0.6) is 0 Å². The Hall–Kier alpha value is -1.71. The zero-order valence-corrected chi connectivity index (χ0v) is 7.48. The number of aromatic nitrogens is 3. The molecule has 66 valence electrons. The highest BCUT2D eigenvalue weighted by atomic mass is 16.5. The van der Waals surface area contributed by atoms with Gasteiger partial charge in [0.2, 0.25) is 0 Å². The van der Waals surface area contributed by atoms with Crippen molar-refractivity contribution in [2.75, 3.05) is 0 Å². The van der Waals surface area contributed by atoms with Crippen LogP contribution in [-0.2, 0) is 0 Å². The molecule has 0 saturated heterocycles. The van der Waals surface area contributed by atoms with Crippen molar-refractivity contribution in [3.63, 3.8) is 0 Å². The number of aryl methyl sites for hydroxylation is 2. The zero-order valence-electron chi connectivity index (χ0n) is 7.48. The normalized spacial score (nSPS) is 10.3. The zero-order chi connectivity index (χ0) is 9.26. The van der Waals surface area contributed by atoms with Gasteiger partial charge in [-0.15, -0.1) is 0 Å². The first-order chi connectivity index (χ1) is 6.25. The summed E-state index contributed by atoms with van der Waals surface area (Å²) in [4.78, 5) is 8.24. The summed E-state index contributed by atoms with van der Waals surface area (Å²) in [6.45, 7) is 3.76. The van der Waals surface area contributed by atoms with E-state index in [0.29, 0.717) is 17.4 Å². The van der Waals surface area contributed by atoms with Gasteiger partial charge in [0.15, 0.2) is 5.82 Å². The van der Waals surface area contributed by atoms with Gasteiger partial charge >= 0.3 is 0 Å². The Morgan fingerprint density at radius 2 is 2.08 bits per heavy atom. The predicted molar refractivity (Wildman–Crippen MR) is 47.0 cm³/mol. The van der Waals surface area contributed by atoms with Crippen molar-refractivity contribution < 1.29 is 4.52 Å². The molecule has 13 heavy (non-hydrogen) atoms. The molecule has 0 bridgehead atoms. The second-order valence-electron chi connectivity index (χ2n) is 2.87. The minimum Gasteiger partial charge on any atom is -0.332 e. The van der Waals surface area contributed by atoms with E-state index in [1.165, 1.54) is 0 Å². The maximum atomic E-state index is 4.97. The molecule has 2 aromatic rings. The highest BCUT2D eigenvalue weighted by molar-refractivity contribution is 5.46. The van der Waals surface area contributed by atoms with Crippen molar-refractivity contribution in [3.05, 3.63) is 29.7 Å². The van der Waals surface area contributed by atoms with Gasteiger partial charge in [-0.05, 0) is 25.5 Å². The van der Waals surface area contributed by atoms with Gasteiger partial charge in [-0.1, -0.05) is 11.2 Å². The topological polar surface area (TPSA) is 51.8 Å². The molecule has 0 fully saturated rings. The standard InChI is InChI=1S/C9H9N3O/c1-6-3-4-8(10-5-6)9-11-7(2)12-13-9/h3-5H,1-2H3. The van der Waals surface area contributed by atoms with E-state index < -0.39 is 0 Å². The number of nitrogens with zero attached hydrogens (tertiary/aromatic N) is 3. The van der Waals surface area contributed by atoms with E-state index in [2.05, 4.69) is 15.1 Å². The van der Waals surface area contributed by atoms with Crippen LogP contribution in [0.3, 0.4) is 0 Å². The first-order valence-corrected chi connectivity index (χ1v) is 3.99. The van der Waals surface area contributed by atoms with Gasteiger partial charge in [0, 0.05) is 6.20 Å². The van der Waals surface area contributed by atoms with E-state index in [9.17, 15) is 0 Å². The molecule has 0 radical (unpaired) electrons. The molecule has 0 aromatic carbocycles. The Bertz CT molecular complexity index is 405. The molecule has 0 saturated carbocycles. The molecule has 2 aromatic heterocycles. The number of pyridine rings is 1. The molecule has 0 aliphatic rings. The Balaban J connectivity index is 2.41. The molecule has 0 spiro atoms. The van der Waals surface area contributed by atoms with Gasteiger partial charge in [-0.25, -0.2) is 0 Å². The third kappa shape index (κ3) is 1.56. The monoisotopic (exact) mass is 175 g/mol. The fourth-order valence-electron chi connectivity index (χ4n) is 0.995. The average molecular weight is 175 g/mol. The van der Waals surface area contributed by atoms with Crippen molar-refractivity contribution in [2.45, 2.75) is 13.8 Å². The molecular weight excluding hydrogens is 166 g/mol. The van der Waals surface area contributed by atoms with Crippen LogP contribution in [0.2, 0.25) is 0 Å². The van der Waals surface area contributed by atoms with Crippen LogP contribution < -0.4 is 0 Å². The summed E-state index contributed by atoms with van der Waals surface area (Å²) in [6, 6.07) is 3.82. The van der Waals surface area contributed by atoms with Crippen LogP contribution in [0.25, 0.3) is 11.6 Å². The Kier molecular flexibility index (Phi) is 1.81. The third-order valence-electron chi connectivity index (χ3n) is 1.66. The molecule has 0 aliphatic heterocycles. The summed E-state index contributed by atoms with van der Waals surface area (Å²) in [5.41, 5.74) is 1.83. The molecule has 4 nitrogen and oxygen atoms in total. The average Bonchev–Trinajstić information content (AvgIpc) is 2.53. The lowest BCUT2D eigenvalue weighted by Crippen LogP contribution is -1.83. The molecule has 2 heterocycles. The lowest BCUT2D eigenvalue weighted by atomic mass is 10.3. The Morgan fingerprint density at radius 1 is 1.23 bits per heavy atom. The first-order valence-electron chi connectivity index (χ1n) is 3.99. The quantitative estimate of drug-likeness (QED) is 0.662. The Labute approximate surface area is 75.6 Å². The van der Waals surface area contributed by atoms with E-state index >= 15 is 0 Å². The van der Waals surface area contributed by atoms with Gasteiger partial charge in [0.25, 0.3) is 5.89 Å².